The molecule has 0 aliphatic carbocycles. The molecular formula is C21H22N4O8S. The lowest BCUT2D eigenvalue weighted by molar-refractivity contribution is -0.384. The Bertz CT molecular complexity index is 1390. The Kier molecular flexibility index (Phi) is 6.39. The van der Waals surface area contributed by atoms with Gasteiger partial charge in [-0.05, 0) is 37.3 Å². The summed E-state index contributed by atoms with van der Waals surface area (Å²) in [5.41, 5.74) is 0.0449. The van der Waals surface area contributed by atoms with E-state index in [0.29, 0.717) is 12.4 Å². The number of piperazine rings is 1. The molecule has 0 atom stereocenters. The number of carbonyl (C=O) groups excluding carboxylic acids is 1. The number of ether oxygens (including phenoxy) is 1. The highest BCUT2D eigenvalue weighted by Gasteiger charge is 2.30. The van der Waals surface area contributed by atoms with Crippen molar-refractivity contribution in [3.63, 3.8) is 0 Å². The highest BCUT2D eigenvalue weighted by molar-refractivity contribution is 7.89. The highest BCUT2D eigenvalue weighted by atomic mass is 32.2. The number of sulfonamides is 1. The first kappa shape index (κ1) is 23.4. The maximum atomic E-state index is 12.9. The average Bonchev–Trinajstić information content (AvgIpc) is 3.13. The van der Waals surface area contributed by atoms with Gasteiger partial charge in [0.05, 0.1) is 28.0 Å². The molecule has 0 spiro atoms. The van der Waals surface area contributed by atoms with E-state index in [1.807, 2.05) is 6.92 Å². The second kappa shape index (κ2) is 9.27. The van der Waals surface area contributed by atoms with Gasteiger partial charge in [-0.15, -0.1) is 0 Å². The van der Waals surface area contributed by atoms with Gasteiger partial charge in [0.15, 0.2) is 5.58 Å². The van der Waals surface area contributed by atoms with Crippen molar-refractivity contribution in [3.8, 4) is 5.75 Å². The molecule has 0 unspecified atom stereocenters. The quantitative estimate of drug-likeness (QED) is 0.357. The molecule has 1 fully saturated rings. The van der Waals surface area contributed by atoms with Gasteiger partial charge in [-0.25, -0.2) is 13.2 Å². The van der Waals surface area contributed by atoms with Crippen LogP contribution in [0.25, 0.3) is 11.1 Å². The number of nitrogens with zero attached hydrogens (tertiary/aromatic N) is 4. The molecule has 3 aromatic rings. The van der Waals surface area contributed by atoms with Crippen LogP contribution in [0.1, 0.15) is 6.92 Å². The van der Waals surface area contributed by atoms with Crippen molar-refractivity contribution in [1.29, 1.82) is 0 Å². The van der Waals surface area contributed by atoms with Crippen molar-refractivity contribution in [2.75, 3.05) is 32.8 Å². The Morgan fingerprint density at radius 2 is 1.79 bits per heavy atom. The van der Waals surface area contributed by atoms with Crippen LogP contribution in [0.4, 0.5) is 5.69 Å². The van der Waals surface area contributed by atoms with Gasteiger partial charge < -0.3 is 14.1 Å². The van der Waals surface area contributed by atoms with Gasteiger partial charge >= 0.3 is 5.76 Å². The van der Waals surface area contributed by atoms with Crippen LogP contribution in [0.5, 0.6) is 5.75 Å². The number of benzene rings is 2. The Hall–Kier alpha value is -3.71. The van der Waals surface area contributed by atoms with E-state index in [0.717, 1.165) is 10.6 Å². The fourth-order valence-corrected chi connectivity index (χ4v) is 5.18. The molecule has 2 aromatic carbocycles. The SMILES string of the molecule is CCOc1ccc(S(=O)(=O)N2CCN(C(=O)Cn3c(=O)oc4cc([N+](=O)[O-])ccc43)CC2)cc1. The van der Waals surface area contributed by atoms with E-state index in [1.54, 1.807) is 12.1 Å². The molecule has 1 aromatic heterocycles. The molecule has 0 N–H and O–H groups in total. The van der Waals surface area contributed by atoms with Crippen LogP contribution in [0.3, 0.4) is 0 Å². The summed E-state index contributed by atoms with van der Waals surface area (Å²) in [6.07, 6.45) is 0. The van der Waals surface area contributed by atoms with E-state index in [1.165, 1.54) is 33.5 Å². The fourth-order valence-electron chi connectivity index (χ4n) is 3.76. The number of amides is 1. The second-order valence-electron chi connectivity index (χ2n) is 7.55. The van der Waals surface area contributed by atoms with Gasteiger partial charge in [0.1, 0.15) is 12.3 Å². The van der Waals surface area contributed by atoms with Gasteiger partial charge in [-0.1, -0.05) is 0 Å². The van der Waals surface area contributed by atoms with E-state index in [2.05, 4.69) is 0 Å². The number of carbonyl (C=O) groups is 1. The minimum atomic E-state index is -3.72. The lowest BCUT2D eigenvalue weighted by Gasteiger charge is -2.34. The van der Waals surface area contributed by atoms with Crippen molar-refractivity contribution in [2.45, 2.75) is 18.4 Å². The molecule has 0 bridgehead atoms. The summed E-state index contributed by atoms with van der Waals surface area (Å²) in [6.45, 7) is 2.51. The van der Waals surface area contributed by atoms with Crippen LogP contribution in [0.2, 0.25) is 0 Å². The van der Waals surface area contributed by atoms with Crippen molar-refractivity contribution in [3.05, 3.63) is 63.1 Å². The van der Waals surface area contributed by atoms with E-state index in [-0.39, 0.29) is 60.3 Å². The van der Waals surface area contributed by atoms with Gasteiger partial charge in [-0.3, -0.25) is 19.5 Å². The highest BCUT2D eigenvalue weighted by Crippen LogP contribution is 2.22. The second-order valence-corrected chi connectivity index (χ2v) is 9.49. The molecule has 4 rings (SSSR count). The molecule has 13 heteroatoms. The molecule has 2 heterocycles. The summed E-state index contributed by atoms with van der Waals surface area (Å²) in [7, 11) is -3.72. The van der Waals surface area contributed by atoms with Crippen LogP contribution in [-0.4, -0.2) is 65.8 Å². The Balaban J connectivity index is 1.42. The number of rotatable bonds is 7. The first-order valence-electron chi connectivity index (χ1n) is 10.5. The number of hydrogen-bond acceptors (Lipinski definition) is 8. The van der Waals surface area contributed by atoms with Crippen LogP contribution in [0.15, 0.2) is 56.6 Å². The monoisotopic (exact) mass is 490 g/mol. The summed E-state index contributed by atoms with van der Waals surface area (Å²) in [5, 5.41) is 10.9. The van der Waals surface area contributed by atoms with Crippen LogP contribution >= 0.6 is 0 Å². The predicted molar refractivity (Wildman–Crippen MR) is 120 cm³/mol. The smallest absolute Gasteiger partial charge is 0.420 e. The minimum absolute atomic E-state index is 0.0123. The number of nitro benzene ring substituents is 1. The zero-order valence-electron chi connectivity index (χ0n) is 18.2. The van der Waals surface area contributed by atoms with E-state index < -0.39 is 20.7 Å². The number of oxazole rings is 1. The van der Waals surface area contributed by atoms with Crippen molar-refractivity contribution >= 4 is 32.7 Å². The first-order valence-corrected chi connectivity index (χ1v) is 11.9. The summed E-state index contributed by atoms with van der Waals surface area (Å²) in [4.78, 5) is 36.9. The third-order valence-corrected chi connectivity index (χ3v) is 7.43. The number of hydrogen-bond donors (Lipinski definition) is 0. The van der Waals surface area contributed by atoms with E-state index >= 15 is 0 Å². The summed E-state index contributed by atoms with van der Waals surface area (Å²) >= 11 is 0. The number of fused-ring (bicyclic) bond motifs is 1. The van der Waals surface area contributed by atoms with Crippen LogP contribution < -0.4 is 10.5 Å². The minimum Gasteiger partial charge on any atom is -0.494 e. The number of non-ortho nitro benzene ring substituents is 1. The van der Waals surface area contributed by atoms with Crippen LogP contribution in [0, 0.1) is 10.1 Å². The van der Waals surface area contributed by atoms with Gasteiger partial charge in [-0.2, -0.15) is 4.31 Å². The predicted octanol–water partition coefficient (Wildman–Crippen LogP) is 1.43. The maximum Gasteiger partial charge on any atom is 0.420 e. The molecule has 12 nitrogen and oxygen atoms in total. The zero-order chi connectivity index (χ0) is 24.5. The molecule has 0 radical (unpaired) electrons. The van der Waals surface area contributed by atoms with Gasteiger partial charge in [0, 0.05) is 32.2 Å². The molecule has 1 amide bonds. The van der Waals surface area contributed by atoms with E-state index in [4.69, 9.17) is 9.15 Å². The van der Waals surface area contributed by atoms with E-state index in [9.17, 15) is 28.1 Å². The maximum absolute atomic E-state index is 12.9. The molecule has 34 heavy (non-hydrogen) atoms. The summed E-state index contributed by atoms with van der Waals surface area (Å²) in [5.74, 6) is -0.615. The topological polar surface area (TPSA) is 145 Å². The normalized spacial score (nSPS) is 14.9. The molecular weight excluding hydrogens is 468 g/mol. The third kappa shape index (κ3) is 4.52. The Morgan fingerprint density at radius 1 is 1.12 bits per heavy atom. The fraction of sp³-hybridized carbons (Fsp3) is 0.333. The van der Waals surface area contributed by atoms with Gasteiger partial charge in [0.2, 0.25) is 15.9 Å². The Morgan fingerprint density at radius 3 is 2.41 bits per heavy atom. The zero-order valence-corrected chi connectivity index (χ0v) is 19.1. The largest absolute Gasteiger partial charge is 0.494 e. The molecule has 0 saturated carbocycles. The van der Waals surface area contributed by atoms with Crippen molar-refractivity contribution < 1.29 is 27.3 Å². The Labute approximate surface area is 194 Å². The lowest BCUT2D eigenvalue weighted by atomic mass is 10.3. The first-order chi connectivity index (χ1) is 16.2. The lowest BCUT2D eigenvalue weighted by Crippen LogP contribution is -2.51. The molecule has 180 valence electrons. The average molecular weight is 490 g/mol. The van der Waals surface area contributed by atoms with Crippen molar-refractivity contribution in [2.24, 2.45) is 0 Å². The standard InChI is InChI=1S/C21H22N4O8S/c1-2-32-16-4-6-17(7-5-16)34(30,31)23-11-9-22(10-12-23)20(26)14-24-18-8-3-15(25(28)29)13-19(18)33-21(24)27/h3-8,13H,2,9-12,14H2,1H3. The van der Waals surface area contributed by atoms with Crippen LogP contribution in [-0.2, 0) is 21.4 Å². The third-order valence-electron chi connectivity index (χ3n) is 5.52. The van der Waals surface area contributed by atoms with Crippen molar-refractivity contribution in [1.82, 2.24) is 13.8 Å². The van der Waals surface area contributed by atoms with Gasteiger partial charge in [0.25, 0.3) is 5.69 Å². The summed E-state index contributed by atoms with van der Waals surface area (Å²) in [6, 6.07) is 9.87. The molecule has 1 saturated heterocycles. The summed E-state index contributed by atoms with van der Waals surface area (Å²) < 4.78 is 38.7. The molecule has 1 aliphatic rings. The molecule has 1 aliphatic heterocycles. The number of aromatic nitrogens is 1. The number of nitro groups is 1.